The minimum Gasteiger partial charge on any atom is -0.377 e. The first-order valence-corrected chi connectivity index (χ1v) is 7.79. The van der Waals surface area contributed by atoms with Crippen molar-refractivity contribution in [3.05, 3.63) is 35.9 Å². The van der Waals surface area contributed by atoms with E-state index >= 15 is 0 Å². The molecular formula is C17H25NO2. The molecule has 110 valence electrons. The standard InChI is InChI=1S/C17H25NO2/c1-3-20-15-11-14(17(15)19-2)18-16(13-9-10-13)12-7-5-4-6-8-12/h4-8,13-18H,3,9-11H2,1-2H3. The third-order valence-electron chi connectivity index (χ3n) is 4.55. The molecule has 2 aliphatic rings. The lowest BCUT2D eigenvalue weighted by molar-refractivity contribution is -0.133. The maximum Gasteiger partial charge on any atom is 0.0987 e. The van der Waals surface area contributed by atoms with Crippen molar-refractivity contribution in [2.24, 2.45) is 5.92 Å². The Labute approximate surface area is 121 Å². The summed E-state index contributed by atoms with van der Waals surface area (Å²) in [6.45, 7) is 2.81. The molecule has 0 spiro atoms. The second kappa shape index (κ2) is 6.25. The number of rotatable bonds is 7. The fourth-order valence-electron chi connectivity index (χ4n) is 3.26. The number of ether oxygens (including phenoxy) is 2. The Kier molecular flexibility index (Phi) is 4.39. The molecular weight excluding hydrogens is 250 g/mol. The second-order valence-electron chi connectivity index (χ2n) is 5.93. The van der Waals surface area contributed by atoms with Crippen molar-refractivity contribution in [3.63, 3.8) is 0 Å². The summed E-state index contributed by atoms with van der Waals surface area (Å²) in [4.78, 5) is 0. The van der Waals surface area contributed by atoms with Gasteiger partial charge in [-0.3, -0.25) is 0 Å². The van der Waals surface area contributed by atoms with Gasteiger partial charge in [-0.05, 0) is 37.7 Å². The number of hydrogen-bond acceptors (Lipinski definition) is 3. The zero-order chi connectivity index (χ0) is 13.9. The predicted molar refractivity (Wildman–Crippen MR) is 79.7 cm³/mol. The third kappa shape index (κ3) is 2.90. The third-order valence-corrected chi connectivity index (χ3v) is 4.55. The van der Waals surface area contributed by atoms with Gasteiger partial charge in [0.15, 0.2) is 0 Å². The van der Waals surface area contributed by atoms with E-state index < -0.39 is 0 Å². The highest BCUT2D eigenvalue weighted by Crippen LogP contribution is 2.42. The van der Waals surface area contributed by atoms with Crippen molar-refractivity contribution >= 4 is 0 Å². The van der Waals surface area contributed by atoms with Crippen molar-refractivity contribution in [1.82, 2.24) is 5.32 Å². The zero-order valence-electron chi connectivity index (χ0n) is 12.4. The molecule has 1 aromatic rings. The van der Waals surface area contributed by atoms with Crippen LogP contribution in [-0.2, 0) is 9.47 Å². The summed E-state index contributed by atoms with van der Waals surface area (Å²) in [6.07, 6.45) is 4.19. The van der Waals surface area contributed by atoms with Crippen molar-refractivity contribution in [2.75, 3.05) is 13.7 Å². The molecule has 0 saturated heterocycles. The van der Waals surface area contributed by atoms with Gasteiger partial charge < -0.3 is 14.8 Å². The van der Waals surface area contributed by atoms with Gasteiger partial charge in [-0.1, -0.05) is 30.3 Å². The molecule has 1 N–H and O–H groups in total. The van der Waals surface area contributed by atoms with E-state index in [0.717, 1.165) is 18.9 Å². The predicted octanol–water partition coefficient (Wildman–Crippen LogP) is 2.92. The molecule has 0 aromatic heterocycles. The number of nitrogens with one attached hydrogen (secondary N) is 1. The molecule has 0 radical (unpaired) electrons. The van der Waals surface area contributed by atoms with Gasteiger partial charge in [0, 0.05) is 25.8 Å². The Hall–Kier alpha value is -0.900. The van der Waals surface area contributed by atoms with Crippen LogP contribution in [-0.4, -0.2) is 32.0 Å². The second-order valence-corrected chi connectivity index (χ2v) is 5.93. The van der Waals surface area contributed by atoms with Crippen LogP contribution < -0.4 is 5.32 Å². The van der Waals surface area contributed by atoms with Crippen LogP contribution in [0.1, 0.15) is 37.8 Å². The molecule has 2 fully saturated rings. The topological polar surface area (TPSA) is 30.5 Å². The summed E-state index contributed by atoms with van der Waals surface area (Å²) in [5.74, 6) is 0.793. The fraction of sp³-hybridized carbons (Fsp3) is 0.647. The smallest absolute Gasteiger partial charge is 0.0987 e. The Balaban J connectivity index is 1.63. The van der Waals surface area contributed by atoms with Gasteiger partial charge in [-0.15, -0.1) is 0 Å². The molecule has 2 saturated carbocycles. The summed E-state index contributed by atoms with van der Waals surface area (Å²) in [5.41, 5.74) is 1.41. The Morgan fingerprint density at radius 3 is 2.60 bits per heavy atom. The summed E-state index contributed by atoms with van der Waals surface area (Å²) in [6, 6.07) is 11.7. The molecule has 0 aliphatic heterocycles. The van der Waals surface area contributed by atoms with E-state index in [-0.39, 0.29) is 12.2 Å². The van der Waals surface area contributed by atoms with E-state index in [4.69, 9.17) is 9.47 Å². The molecule has 3 heteroatoms. The Morgan fingerprint density at radius 2 is 2.00 bits per heavy atom. The quantitative estimate of drug-likeness (QED) is 0.830. The van der Waals surface area contributed by atoms with E-state index in [0.29, 0.717) is 12.1 Å². The van der Waals surface area contributed by atoms with Gasteiger partial charge in [0.25, 0.3) is 0 Å². The summed E-state index contributed by atoms with van der Waals surface area (Å²) in [7, 11) is 1.79. The zero-order valence-corrected chi connectivity index (χ0v) is 12.4. The number of methoxy groups -OCH3 is 1. The van der Waals surface area contributed by atoms with Crippen LogP contribution in [0.15, 0.2) is 30.3 Å². The minimum atomic E-state index is 0.194. The van der Waals surface area contributed by atoms with Gasteiger partial charge in [0.1, 0.15) is 0 Å². The summed E-state index contributed by atoms with van der Waals surface area (Å²) < 4.78 is 11.3. The summed E-state index contributed by atoms with van der Waals surface area (Å²) >= 11 is 0. The highest BCUT2D eigenvalue weighted by atomic mass is 16.5. The molecule has 0 amide bonds. The lowest BCUT2D eigenvalue weighted by atomic mass is 9.83. The lowest BCUT2D eigenvalue weighted by Gasteiger charge is -2.45. The highest BCUT2D eigenvalue weighted by molar-refractivity contribution is 5.22. The minimum absolute atomic E-state index is 0.194. The Bertz CT molecular complexity index is 418. The molecule has 0 bridgehead atoms. The number of benzene rings is 1. The average molecular weight is 275 g/mol. The van der Waals surface area contributed by atoms with Gasteiger partial charge in [-0.2, -0.15) is 0 Å². The molecule has 3 nitrogen and oxygen atoms in total. The van der Waals surface area contributed by atoms with E-state index in [2.05, 4.69) is 35.6 Å². The van der Waals surface area contributed by atoms with E-state index in [1.807, 2.05) is 6.92 Å². The first kappa shape index (κ1) is 14.1. The molecule has 4 unspecified atom stereocenters. The largest absolute Gasteiger partial charge is 0.377 e. The molecule has 3 rings (SSSR count). The van der Waals surface area contributed by atoms with Gasteiger partial charge >= 0.3 is 0 Å². The first-order valence-electron chi connectivity index (χ1n) is 7.79. The van der Waals surface area contributed by atoms with Crippen LogP contribution in [0.3, 0.4) is 0 Å². The fourth-order valence-corrected chi connectivity index (χ4v) is 3.26. The monoisotopic (exact) mass is 275 g/mol. The molecule has 1 aromatic carbocycles. The van der Waals surface area contributed by atoms with E-state index in [1.165, 1.54) is 18.4 Å². The van der Waals surface area contributed by atoms with E-state index in [9.17, 15) is 0 Å². The first-order chi connectivity index (χ1) is 9.83. The maximum atomic E-state index is 5.71. The van der Waals surface area contributed by atoms with Crippen molar-refractivity contribution in [1.29, 1.82) is 0 Å². The maximum absolute atomic E-state index is 5.71. The van der Waals surface area contributed by atoms with Gasteiger partial charge in [0.2, 0.25) is 0 Å². The Morgan fingerprint density at radius 1 is 1.25 bits per heavy atom. The molecule has 0 heterocycles. The van der Waals surface area contributed by atoms with Crippen molar-refractivity contribution in [2.45, 2.75) is 50.5 Å². The van der Waals surface area contributed by atoms with Crippen LogP contribution in [0.5, 0.6) is 0 Å². The van der Waals surface area contributed by atoms with Crippen LogP contribution in [0.2, 0.25) is 0 Å². The normalized spacial score (nSPS) is 30.8. The average Bonchev–Trinajstić information content (AvgIpc) is 3.28. The number of hydrogen-bond donors (Lipinski definition) is 1. The molecule has 4 atom stereocenters. The summed E-state index contributed by atoms with van der Waals surface area (Å²) in [5, 5.41) is 3.82. The van der Waals surface area contributed by atoms with Crippen molar-refractivity contribution in [3.8, 4) is 0 Å². The van der Waals surface area contributed by atoms with Gasteiger partial charge in [0.05, 0.1) is 12.2 Å². The molecule has 20 heavy (non-hydrogen) atoms. The van der Waals surface area contributed by atoms with Crippen molar-refractivity contribution < 1.29 is 9.47 Å². The highest BCUT2D eigenvalue weighted by Gasteiger charge is 2.45. The SMILES string of the molecule is CCOC1CC(NC(c2ccccc2)C2CC2)C1OC. The van der Waals surface area contributed by atoms with Gasteiger partial charge in [-0.25, -0.2) is 0 Å². The van der Waals surface area contributed by atoms with Crippen LogP contribution in [0.25, 0.3) is 0 Å². The van der Waals surface area contributed by atoms with Crippen LogP contribution in [0, 0.1) is 5.92 Å². The lowest BCUT2D eigenvalue weighted by Crippen LogP contribution is -2.60. The molecule has 2 aliphatic carbocycles. The van der Waals surface area contributed by atoms with Crippen LogP contribution in [0.4, 0.5) is 0 Å². The van der Waals surface area contributed by atoms with E-state index in [1.54, 1.807) is 7.11 Å². The van der Waals surface area contributed by atoms with Crippen LogP contribution >= 0.6 is 0 Å².